The standard InChI is InChI=1S/C10H14OS/c1-10(2,3)8-4-6-9(11-12)7-5-8/h4-7,12H,1-3H3. The minimum absolute atomic E-state index is 0.204. The van der Waals surface area contributed by atoms with Crippen LogP contribution in [-0.2, 0) is 5.41 Å². The minimum Gasteiger partial charge on any atom is -0.429 e. The van der Waals surface area contributed by atoms with Crippen molar-refractivity contribution < 1.29 is 4.18 Å². The van der Waals surface area contributed by atoms with Crippen molar-refractivity contribution >= 4 is 12.9 Å². The zero-order chi connectivity index (χ0) is 9.19. The zero-order valence-corrected chi connectivity index (χ0v) is 8.56. The largest absolute Gasteiger partial charge is 0.429 e. The molecule has 0 aliphatic heterocycles. The first-order valence-corrected chi connectivity index (χ1v) is 4.32. The summed E-state index contributed by atoms with van der Waals surface area (Å²) in [7, 11) is 0. The Bertz CT molecular complexity index is 246. The molecule has 1 aromatic rings. The minimum atomic E-state index is 0.204. The first-order chi connectivity index (χ1) is 5.54. The average Bonchev–Trinajstić information content (AvgIpc) is 2.03. The Balaban J connectivity index is 2.93. The van der Waals surface area contributed by atoms with Gasteiger partial charge in [0, 0.05) is 12.9 Å². The van der Waals surface area contributed by atoms with Gasteiger partial charge in [0.2, 0.25) is 0 Å². The number of rotatable bonds is 1. The topological polar surface area (TPSA) is 9.23 Å². The molecule has 0 unspecified atom stereocenters. The lowest BCUT2D eigenvalue weighted by Crippen LogP contribution is -2.10. The van der Waals surface area contributed by atoms with Gasteiger partial charge in [-0.3, -0.25) is 0 Å². The second-order valence-corrected chi connectivity index (χ2v) is 4.05. The molecule has 1 rings (SSSR count). The van der Waals surface area contributed by atoms with Crippen molar-refractivity contribution in [1.29, 1.82) is 0 Å². The molecule has 0 aromatic heterocycles. The highest BCUT2D eigenvalue weighted by atomic mass is 32.1. The normalized spacial score (nSPS) is 11.3. The molecule has 66 valence electrons. The van der Waals surface area contributed by atoms with Gasteiger partial charge in [0.05, 0.1) is 0 Å². The van der Waals surface area contributed by atoms with E-state index in [-0.39, 0.29) is 5.41 Å². The quantitative estimate of drug-likeness (QED) is 0.518. The summed E-state index contributed by atoms with van der Waals surface area (Å²) in [5.74, 6) is 0.784. The third-order valence-corrected chi connectivity index (χ3v) is 2.04. The van der Waals surface area contributed by atoms with Crippen LogP contribution in [0.5, 0.6) is 5.75 Å². The molecule has 0 fully saturated rings. The van der Waals surface area contributed by atoms with Gasteiger partial charge in [0.25, 0.3) is 0 Å². The third kappa shape index (κ3) is 2.18. The molecular weight excluding hydrogens is 168 g/mol. The van der Waals surface area contributed by atoms with Crippen LogP contribution in [0.25, 0.3) is 0 Å². The highest BCUT2D eigenvalue weighted by molar-refractivity contribution is 7.75. The van der Waals surface area contributed by atoms with Crippen LogP contribution in [0.2, 0.25) is 0 Å². The molecule has 0 atom stereocenters. The van der Waals surface area contributed by atoms with E-state index < -0.39 is 0 Å². The van der Waals surface area contributed by atoms with Crippen molar-refractivity contribution in [2.75, 3.05) is 0 Å². The molecule has 0 N–H and O–H groups in total. The van der Waals surface area contributed by atoms with Crippen LogP contribution in [-0.4, -0.2) is 0 Å². The Hall–Kier alpha value is -0.630. The van der Waals surface area contributed by atoms with Crippen LogP contribution < -0.4 is 4.18 Å². The van der Waals surface area contributed by atoms with Crippen molar-refractivity contribution in [2.24, 2.45) is 0 Å². The second kappa shape index (κ2) is 3.40. The zero-order valence-electron chi connectivity index (χ0n) is 7.66. The van der Waals surface area contributed by atoms with Crippen molar-refractivity contribution in [3.05, 3.63) is 29.8 Å². The van der Waals surface area contributed by atoms with Crippen molar-refractivity contribution in [2.45, 2.75) is 26.2 Å². The Kier molecular flexibility index (Phi) is 2.68. The molecule has 12 heavy (non-hydrogen) atoms. The molecule has 0 spiro atoms. The Labute approximate surface area is 79.4 Å². The lowest BCUT2D eigenvalue weighted by Gasteiger charge is -2.18. The molecule has 0 aliphatic rings. The molecule has 0 aliphatic carbocycles. The summed E-state index contributed by atoms with van der Waals surface area (Å²) in [4.78, 5) is 0. The van der Waals surface area contributed by atoms with E-state index in [0.29, 0.717) is 0 Å². The van der Waals surface area contributed by atoms with Gasteiger partial charge in [0.1, 0.15) is 5.75 Å². The van der Waals surface area contributed by atoms with E-state index in [1.807, 2.05) is 12.1 Å². The fourth-order valence-electron chi connectivity index (χ4n) is 1.02. The molecule has 0 bridgehead atoms. The maximum atomic E-state index is 4.78. The van der Waals surface area contributed by atoms with Crippen LogP contribution >= 0.6 is 12.9 Å². The lowest BCUT2D eigenvalue weighted by atomic mass is 9.87. The van der Waals surface area contributed by atoms with Gasteiger partial charge in [-0.25, -0.2) is 0 Å². The highest BCUT2D eigenvalue weighted by Gasteiger charge is 2.12. The van der Waals surface area contributed by atoms with E-state index in [4.69, 9.17) is 4.18 Å². The Morgan fingerprint density at radius 2 is 1.58 bits per heavy atom. The molecule has 0 heterocycles. The number of hydrogen-bond acceptors (Lipinski definition) is 2. The molecule has 1 nitrogen and oxygen atoms in total. The molecular formula is C10H14OS. The first-order valence-electron chi connectivity index (χ1n) is 3.96. The Morgan fingerprint density at radius 3 is 1.92 bits per heavy atom. The molecule has 0 radical (unpaired) electrons. The second-order valence-electron chi connectivity index (χ2n) is 3.87. The van der Waals surface area contributed by atoms with Crippen LogP contribution in [0.1, 0.15) is 26.3 Å². The van der Waals surface area contributed by atoms with Crippen molar-refractivity contribution in [3.63, 3.8) is 0 Å². The van der Waals surface area contributed by atoms with Gasteiger partial charge < -0.3 is 4.18 Å². The summed E-state index contributed by atoms with van der Waals surface area (Å²) in [6.07, 6.45) is 0. The van der Waals surface area contributed by atoms with Gasteiger partial charge in [-0.15, -0.1) is 0 Å². The van der Waals surface area contributed by atoms with Gasteiger partial charge in [0.15, 0.2) is 0 Å². The van der Waals surface area contributed by atoms with Crippen LogP contribution in [0.3, 0.4) is 0 Å². The van der Waals surface area contributed by atoms with E-state index in [1.54, 1.807) is 0 Å². The average molecular weight is 182 g/mol. The fourth-order valence-corrected chi connectivity index (χ4v) is 1.14. The van der Waals surface area contributed by atoms with Crippen LogP contribution in [0.15, 0.2) is 24.3 Å². The monoisotopic (exact) mass is 182 g/mol. The van der Waals surface area contributed by atoms with Gasteiger partial charge in [-0.2, -0.15) is 0 Å². The molecule has 0 amide bonds. The van der Waals surface area contributed by atoms with E-state index in [9.17, 15) is 0 Å². The lowest BCUT2D eigenvalue weighted by molar-refractivity contribution is 0.587. The van der Waals surface area contributed by atoms with E-state index in [2.05, 4.69) is 45.8 Å². The van der Waals surface area contributed by atoms with Crippen molar-refractivity contribution in [1.82, 2.24) is 0 Å². The summed E-state index contributed by atoms with van der Waals surface area (Å²) in [5.41, 5.74) is 1.51. The van der Waals surface area contributed by atoms with Crippen LogP contribution in [0.4, 0.5) is 0 Å². The summed E-state index contributed by atoms with van der Waals surface area (Å²) in [6, 6.07) is 7.97. The highest BCUT2D eigenvalue weighted by Crippen LogP contribution is 2.24. The Morgan fingerprint density at radius 1 is 1.08 bits per heavy atom. The number of thiol groups is 1. The van der Waals surface area contributed by atoms with E-state index in [0.717, 1.165) is 5.75 Å². The summed E-state index contributed by atoms with van der Waals surface area (Å²) < 4.78 is 4.78. The van der Waals surface area contributed by atoms with Gasteiger partial charge >= 0.3 is 0 Å². The third-order valence-electron chi connectivity index (χ3n) is 1.83. The smallest absolute Gasteiger partial charge is 0.137 e. The predicted octanol–water partition coefficient (Wildman–Crippen LogP) is 3.21. The predicted molar refractivity (Wildman–Crippen MR) is 54.8 cm³/mol. The fraction of sp³-hybridized carbons (Fsp3) is 0.400. The number of hydrogen-bond donors (Lipinski definition) is 1. The van der Waals surface area contributed by atoms with Gasteiger partial charge in [-0.1, -0.05) is 32.9 Å². The summed E-state index contributed by atoms with van der Waals surface area (Å²) in [5, 5.41) is 0. The summed E-state index contributed by atoms with van der Waals surface area (Å²) >= 11 is 3.72. The van der Waals surface area contributed by atoms with Crippen LogP contribution in [0, 0.1) is 0 Å². The van der Waals surface area contributed by atoms with Crippen molar-refractivity contribution in [3.8, 4) is 5.75 Å². The number of benzene rings is 1. The molecule has 2 heteroatoms. The molecule has 0 saturated heterocycles. The molecule has 1 aromatic carbocycles. The van der Waals surface area contributed by atoms with Gasteiger partial charge in [-0.05, 0) is 23.1 Å². The summed E-state index contributed by atoms with van der Waals surface area (Å²) in [6.45, 7) is 6.55. The first kappa shape index (κ1) is 9.46. The van der Waals surface area contributed by atoms with E-state index >= 15 is 0 Å². The SMILES string of the molecule is CC(C)(C)c1ccc(OS)cc1. The van der Waals surface area contributed by atoms with E-state index in [1.165, 1.54) is 5.56 Å². The maximum absolute atomic E-state index is 4.78. The maximum Gasteiger partial charge on any atom is 0.137 e. The molecule has 0 saturated carbocycles.